The molecule has 0 unspecified atom stereocenters. The van der Waals surface area contributed by atoms with E-state index in [9.17, 15) is 5.11 Å². The van der Waals surface area contributed by atoms with E-state index in [0.29, 0.717) is 5.76 Å². The van der Waals surface area contributed by atoms with Crippen molar-refractivity contribution in [2.45, 2.75) is 25.4 Å². The van der Waals surface area contributed by atoms with E-state index < -0.39 is 6.10 Å². The normalized spacial score (nSPS) is 12.8. The van der Waals surface area contributed by atoms with Crippen molar-refractivity contribution < 1.29 is 9.52 Å². The van der Waals surface area contributed by atoms with Crippen molar-refractivity contribution in [3.05, 3.63) is 36.8 Å². The quantitative estimate of drug-likeness (QED) is 0.539. The van der Waals surface area contributed by atoms with E-state index in [-0.39, 0.29) is 0 Å². The molecule has 0 saturated carbocycles. The molecular formula is C10H14O2. The van der Waals surface area contributed by atoms with Crippen LogP contribution in [-0.4, -0.2) is 5.11 Å². The first-order valence-electron chi connectivity index (χ1n) is 4.17. The van der Waals surface area contributed by atoms with Gasteiger partial charge in [-0.2, -0.15) is 0 Å². The fraction of sp³-hybridized carbons (Fsp3) is 0.400. The predicted octanol–water partition coefficient (Wildman–Crippen LogP) is 2.67. The zero-order valence-corrected chi connectivity index (χ0v) is 7.07. The molecule has 0 aliphatic carbocycles. The fourth-order valence-electron chi connectivity index (χ4n) is 1.08. The maximum absolute atomic E-state index is 9.51. The van der Waals surface area contributed by atoms with Crippen LogP contribution in [0.4, 0.5) is 0 Å². The van der Waals surface area contributed by atoms with Gasteiger partial charge in [-0.05, 0) is 31.4 Å². The molecule has 66 valence electrons. The predicted molar refractivity (Wildman–Crippen MR) is 47.7 cm³/mol. The van der Waals surface area contributed by atoms with E-state index >= 15 is 0 Å². The summed E-state index contributed by atoms with van der Waals surface area (Å²) in [7, 11) is 0. The average Bonchev–Trinajstić information content (AvgIpc) is 2.56. The number of aliphatic hydroxyl groups is 1. The number of hydrogen-bond donors (Lipinski definition) is 1. The van der Waals surface area contributed by atoms with Crippen molar-refractivity contribution in [2.24, 2.45) is 0 Å². The highest BCUT2D eigenvalue weighted by Crippen LogP contribution is 2.18. The monoisotopic (exact) mass is 166 g/mol. The SMILES string of the molecule is C=CCCC[C@H](O)c1ccco1. The van der Waals surface area contributed by atoms with Gasteiger partial charge in [0.15, 0.2) is 0 Å². The average molecular weight is 166 g/mol. The molecule has 1 aromatic heterocycles. The molecule has 1 aromatic rings. The van der Waals surface area contributed by atoms with Crippen molar-refractivity contribution in [3.63, 3.8) is 0 Å². The lowest BCUT2D eigenvalue weighted by atomic mass is 10.1. The largest absolute Gasteiger partial charge is 0.467 e. The number of rotatable bonds is 5. The van der Waals surface area contributed by atoms with Gasteiger partial charge in [-0.1, -0.05) is 6.08 Å². The topological polar surface area (TPSA) is 33.4 Å². The van der Waals surface area contributed by atoms with Gasteiger partial charge in [-0.25, -0.2) is 0 Å². The molecule has 1 heterocycles. The fourth-order valence-corrected chi connectivity index (χ4v) is 1.08. The minimum Gasteiger partial charge on any atom is -0.467 e. The summed E-state index contributed by atoms with van der Waals surface area (Å²) in [6.07, 6.45) is 5.60. The lowest BCUT2D eigenvalue weighted by molar-refractivity contribution is 0.138. The summed E-state index contributed by atoms with van der Waals surface area (Å²) in [5, 5.41) is 9.51. The summed E-state index contributed by atoms with van der Waals surface area (Å²) in [5.41, 5.74) is 0. The minimum absolute atomic E-state index is 0.458. The summed E-state index contributed by atoms with van der Waals surface area (Å²) in [5.74, 6) is 0.652. The molecule has 1 rings (SSSR count). The van der Waals surface area contributed by atoms with E-state index in [1.165, 1.54) is 0 Å². The third-order valence-electron chi connectivity index (χ3n) is 1.76. The van der Waals surface area contributed by atoms with Crippen molar-refractivity contribution in [1.29, 1.82) is 0 Å². The third kappa shape index (κ3) is 2.55. The Labute approximate surface area is 72.5 Å². The summed E-state index contributed by atoms with van der Waals surface area (Å²) in [6.45, 7) is 3.62. The van der Waals surface area contributed by atoms with E-state index in [4.69, 9.17) is 4.42 Å². The molecule has 0 radical (unpaired) electrons. The summed E-state index contributed by atoms with van der Waals surface area (Å²) in [4.78, 5) is 0. The van der Waals surface area contributed by atoms with Gasteiger partial charge in [0, 0.05) is 0 Å². The summed E-state index contributed by atoms with van der Waals surface area (Å²) >= 11 is 0. The molecule has 0 spiro atoms. The highest BCUT2D eigenvalue weighted by molar-refractivity contribution is 5.01. The van der Waals surface area contributed by atoms with Crippen LogP contribution in [0.1, 0.15) is 31.1 Å². The molecule has 0 amide bonds. The van der Waals surface area contributed by atoms with Crippen LogP contribution in [-0.2, 0) is 0 Å². The summed E-state index contributed by atoms with van der Waals surface area (Å²) in [6, 6.07) is 3.57. The number of unbranched alkanes of at least 4 members (excludes halogenated alkanes) is 1. The molecule has 0 saturated heterocycles. The molecule has 0 aliphatic rings. The van der Waals surface area contributed by atoms with Gasteiger partial charge in [0.05, 0.1) is 6.26 Å². The molecule has 0 aromatic carbocycles. The Morgan fingerprint density at radius 2 is 2.50 bits per heavy atom. The molecular weight excluding hydrogens is 152 g/mol. The molecule has 2 heteroatoms. The maximum Gasteiger partial charge on any atom is 0.132 e. The van der Waals surface area contributed by atoms with Crippen LogP contribution < -0.4 is 0 Å². The standard InChI is InChI=1S/C10H14O2/c1-2-3-4-6-9(11)10-7-5-8-12-10/h2,5,7-9,11H,1,3-4,6H2/t9-/m0/s1. The summed E-state index contributed by atoms with van der Waals surface area (Å²) < 4.78 is 5.05. The van der Waals surface area contributed by atoms with Gasteiger partial charge in [-0.15, -0.1) is 6.58 Å². The lowest BCUT2D eigenvalue weighted by Crippen LogP contribution is -1.94. The third-order valence-corrected chi connectivity index (χ3v) is 1.76. The Kier molecular flexibility index (Phi) is 3.61. The van der Waals surface area contributed by atoms with Crippen LogP contribution in [0.5, 0.6) is 0 Å². The lowest BCUT2D eigenvalue weighted by Gasteiger charge is -2.05. The Bertz CT molecular complexity index is 214. The Balaban J connectivity index is 2.29. The number of aliphatic hydroxyl groups excluding tert-OH is 1. The second-order valence-electron chi connectivity index (χ2n) is 2.75. The van der Waals surface area contributed by atoms with Crippen molar-refractivity contribution in [3.8, 4) is 0 Å². The van der Waals surface area contributed by atoms with Crippen LogP contribution in [0.25, 0.3) is 0 Å². The number of hydrogen-bond acceptors (Lipinski definition) is 2. The molecule has 2 nitrogen and oxygen atoms in total. The molecule has 0 bridgehead atoms. The second kappa shape index (κ2) is 4.78. The van der Waals surface area contributed by atoms with Gasteiger partial charge in [0.2, 0.25) is 0 Å². The van der Waals surface area contributed by atoms with Crippen LogP contribution >= 0.6 is 0 Å². The minimum atomic E-state index is -0.458. The first-order valence-corrected chi connectivity index (χ1v) is 4.17. The van der Waals surface area contributed by atoms with Crippen LogP contribution in [0, 0.1) is 0 Å². The number of allylic oxidation sites excluding steroid dienone is 1. The van der Waals surface area contributed by atoms with Crippen molar-refractivity contribution >= 4 is 0 Å². The van der Waals surface area contributed by atoms with Crippen molar-refractivity contribution in [2.75, 3.05) is 0 Å². The van der Waals surface area contributed by atoms with Gasteiger partial charge in [-0.3, -0.25) is 0 Å². The Morgan fingerprint density at radius 1 is 1.67 bits per heavy atom. The van der Waals surface area contributed by atoms with Crippen LogP contribution in [0.3, 0.4) is 0 Å². The Hall–Kier alpha value is -1.02. The molecule has 0 aliphatic heterocycles. The highest BCUT2D eigenvalue weighted by atomic mass is 16.4. The maximum atomic E-state index is 9.51. The van der Waals surface area contributed by atoms with E-state index in [0.717, 1.165) is 19.3 Å². The smallest absolute Gasteiger partial charge is 0.132 e. The zero-order valence-electron chi connectivity index (χ0n) is 7.07. The first kappa shape index (κ1) is 9.07. The highest BCUT2D eigenvalue weighted by Gasteiger charge is 2.08. The molecule has 1 N–H and O–H groups in total. The Morgan fingerprint density at radius 3 is 3.08 bits per heavy atom. The van der Waals surface area contributed by atoms with Gasteiger partial charge < -0.3 is 9.52 Å². The molecule has 12 heavy (non-hydrogen) atoms. The molecule has 1 atom stereocenters. The number of furan rings is 1. The molecule has 0 fully saturated rings. The second-order valence-corrected chi connectivity index (χ2v) is 2.75. The van der Waals surface area contributed by atoms with Crippen LogP contribution in [0.2, 0.25) is 0 Å². The van der Waals surface area contributed by atoms with E-state index in [1.54, 1.807) is 18.4 Å². The zero-order chi connectivity index (χ0) is 8.81. The first-order chi connectivity index (χ1) is 5.84. The van der Waals surface area contributed by atoms with E-state index in [2.05, 4.69) is 6.58 Å². The van der Waals surface area contributed by atoms with Gasteiger partial charge in [0.25, 0.3) is 0 Å². The van der Waals surface area contributed by atoms with Crippen molar-refractivity contribution in [1.82, 2.24) is 0 Å². The van der Waals surface area contributed by atoms with Gasteiger partial charge >= 0.3 is 0 Å². The van der Waals surface area contributed by atoms with Crippen LogP contribution in [0.15, 0.2) is 35.5 Å². The van der Waals surface area contributed by atoms with E-state index in [1.807, 2.05) is 6.08 Å². The van der Waals surface area contributed by atoms with Gasteiger partial charge in [0.1, 0.15) is 11.9 Å².